The van der Waals surface area contributed by atoms with Crippen LogP contribution in [0.3, 0.4) is 0 Å². The van der Waals surface area contributed by atoms with Gasteiger partial charge < -0.3 is 14.9 Å². The molecule has 0 amide bonds. The molecule has 0 spiro atoms. The van der Waals surface area contributed by atoms with Crippen molar-refractivity contribution in [1.29, 1.82) is 0 Å². The molecule has 11 heteroatoms. The van der Waals surface area contributed by atoms with Gasteiger partial charge in [0, 0.05) is 28.4 Å². The average molecular weight is 376 g/mol. The summed E-state index contributed by atoms with van der Waals surface area (Å²) in [6.07, 6.45) is -1.19. The van der Waals surface area contributed by atoms with Crippen molar-refractivity contribution in [3.05, 3.63) is 43.0 Å². The molecule has 1 aliphatic heterocycles. The van der Waals surface area contributed by atoms with Crippen LogP contribution in [0.4, 0.5) is 0 Å². The summed E-state index contributed by atoms with van der Waals surface area (Å²) in [6.45, 7) is -0.384. The van der Waals surface area contributed by atoms with Gasteiger partial charge in [-0.05, 0) is 5.53 Å². The summed E-state index contributed by atoms with van der Waals surface area (Å²) in [7, 11) is 0. The molecule has 1 saturated heterocycles. The SMILES string of the molecule is [N-]=[N+]=NC(CBr)c1cn([C@H]2C[C@H](O)[C@@H](CO)O2)c(=O)[nH]c1=O. The van der Waals surface area contributed by atoms with Gasteiger partial charge in [-0.2, -0.15) is 0 Å². The Balaban J connectivity index is 2.43. The maximum Gasteiger partial charge on any atom is 0.330 e. The number of nitrogens with one attached hydrogen (secondary N) is 1. The summed E-state index contributed by atoms with van der Waals surface area (Å²) in [6, 6.07) is -0.791. The topological polar surface area (TPSA) is 153 Å². The molecule has 0 saturated carbocycles. The Morgan fingerprint density at radius 2 is 2.36 bits per heavy atom. The highest BCUT2D eigenvalue weighted by Gasteiger charge is 2.35. The molecule has 3 N–H and O–H groups in total. The number of aliphatic hydroxyl groups excluding tert-OH is 2. The Hall–Kier alpha value is -1.65. The van der Waals surface area contributed by atoms with Crippen molar-refractivity contribution in [3.63, 3.8) is 0 Å². The van der Waals surface area contributed by atoms with Crippen molar-refractivity contribution in [1.82, 2.24) is 9.55 Å². The summed E-state index contributed by atoms with van der Waals surface area (Å²) in [4.78, 5) is 28.6. The zero-order valence-electron chi connectivity index (χ0n) is 11.3. The van der Waals surface area contributed by atoms with E-state index in [4.69, 9.17) is 15.4 Å². The van der Waals surface area contributed by atoms with E-state index in [1.807, 2.05) is 0 Å². The fourth-order valence-corrected chi connectivity index (χ4v) is 2.72. The number of hydrogen-bond acceptors (Lipinski definition) is 6. The van der Waals surface area contributed by atoms with Crippen LogP contribution in [0.25, 0.3) is 10.4 Å². The lowest BCUT2D eigenvalue weighted by molar-refractivity contribution is -0.0460. The lowest BCUT2D eigenvalue weighted by Gasteiger charge is -2.16. The number of nitrogens with zero attached hydrogens (tertiary/aromatic N) is 4. The van der Waals surface area contributed by atoms with Crippen LogP contribution in [0.1, 0.15) is 24.3 Å². The zero-order chi connectivity index (χ0) is 16.3. The lowest BCUT2D eigenvalue weighted by Crippen LogP contribution is -2.35. The maximum absolute atomic E-state index is 11.9. The zero-order valence-corrected chi connectivity index (χ0v) is 12.9. The number of aromatic amines is 1. The second-order valence-corrected chi connectivity index (χ2v) is 5.39. The highest BCUT2D eigenvalue weighted by molar-refractivity contribution is 9.09. The normalized spacial score (nSPS) is 25.7. The molecule has 2 rings (SSSR count). The molecule has 22 heavy (non-hydrogen) atoms. The van der Waals surface area contributed by atoms with Gasteiger partial charge in [0.25, 0.3) is 5.56 Å². The van der Waals surface area contributed by atoms with Gasteiger partial charge in [0.15, 0.2) is 0 Å². The molecule has 0 radical (unpaired) electrons. The molecular weight excluding hydrogens is 362 g/mol. The largest absolute Gasteiger partial charge is 0.394 e. The number of H-pyrrole nitrogens is 1. The van der Waals surface area contributed by atoms with Crippen molar-refractivity contribution in [2.75, 3.05) is 11.9 Å². The van der Waals surface area contributed by atoms with Crippen LogP contribution in [0, 0.1) is 0 Å². The molecule has 0 aliphatic carbocycles. The first-order chi connectivity index (χ1) is 10.5. The minimum absolute atomic E-state index is 0.0944. The van der Waals surface area contributed by atoms with Crippen LogP contribution < -0.4 is 11.2 Å². The summed E-state index contributed by atoms with van der Waals surface area (Å²) < 4.78 is 6.49. The quantitative estimate of drug-likeness (QED) is 0.284. The van der Waals surface area contributed by atoms with Crippen LogP contribution in [0.15, 0.2) is 20.9 Å². The molecule has 120 valence electrons. The van der Waals surface area contributed by atoms with E-state index in [-0.39, 0.29) is 23.9 Å². The molecule has 4 atom stereocenters. The summed E-state index contributed by atoms with van der Waals surface area (Å²) in [5, 5.41) is 22.5. The molecule has 1 aromatic rings. The number of hydrogen-bond donors (Lipinski definition) is 3. The van der Waals surface area contributed by atoms with E-state index in [9.17, 15) is 14.7 Å². The number of azide groups is 1. The third-order valence-electron chi connectivity index (χ3n) is 3.39. The molecule has 1 aromatic heterocycles. The Labute approximate surface area is 132 Å². The predicted molar refractivity (Wildman–Crippen MR) is 78.6 cm³/mol. The van der Waals surface area contributed by atoms with E-state index >= 15 is 0 Å². The Morgan fingerprint density at radius 3 is 2.91 bits per heavy atom. The number of alkyl halides is 1. The fourth-order valence-electron chi connectivity index (χ4n) is 2.24. The highest BCUT2D eigenvalue weighted by Crippen LogP contribution is 2.28. The van der Waals surface area contributed by atoms with Crippen molar-refractivity contribution >= 4 is 15.9 Å². The van der Waals surface area contributed by atoms with Gasteiger partial charge in [0.1, 0.15) is 12.3 Å². The molecule has 10 nitrogen and oxygen atoms in total. The van der Waals surface area contributed by atoms with Gasteiger partial charge in [-0.1, -0.05) is 21.0 Å². The third-order valence-corrected chi connectivity index (χ3v) is 4.00. The lowest BCUT2D eigenvalue weighted by atomic mass is 10.1. The van der Waals surface area contributed by atoms with E-state index in [2.05, 4.69) is 30.9 Å². The first-order valence-electron chi connectivity index (χ1n) is 6.41. The van der Waals surface area contributed by atoms with Crippen LogP contribution in [0.2, 0.25) is 0 Å². The Bertz CT molecular complexity index is 697. The molecule has 0 aromatic carbocycles. The first-order valence-corrected chi connectivity index (χ1v) is 7.53. The molecule has 2 heterocycles. The molecule has 1 aliphatic rings. The Kier molecular flexibility index (Phi) is 5.37. The van der Waals surface area contributed by atoms with Crippen molar-refractivity contribution in [2.45, 2.75) is 30.9 Å². The van der Waals surface area contributed by atoms with E-state index in [1.54, 1.807) is 0 Å². The standard InChI is InChI=1S/C11H14BrN5O5/c12-2-6(15-16-13)5-3-17(11(21)14-10(5)20)9-1-7(19)8(4-18)22-9/h3,6-9,18-19H,1-2,4H2,(H,14,20,21)/t6?,7-,8+,9+/m0/s1. The van der Waals surface area contributed by atoms with Gasteiger partial charge in [-0.3, -0.25) is 14.3 Å². The number of halogens is 1. The smallest absolute Gasteiger partial charge is 0.330 e. The van der Waals surface area contributed by atoms with Gasteiger partial charge in [-0.15, -0.1) is 0 Å². The average Bonchev–Trinajstić information content (AvgIpc) is 2.86. The number of aromatic nitrogens is 2. The van der Waals surface area contributed by atoms with E-state index in [1.165, 1.54) is 6.20 Å². The van der Waals surface area contributed by atoms with E-state index < -0.39 is 35.7 Å². The number of aliphatic hydroxyl groups is 2. The minimum atomic E-state index is -0.915. The molecule has 0 bridgehead atoms. The van der Waals surface area contributed by atoms with Crippen LogP contribution in [-0.2, 0) is 4.74 Å². The van der Waals surface area contributed by atoms with E-state index in [0.717, 1.165) is 4.57 Å². The van der Waals surface area contributed by atoms with Crippen LogP contribution in [0.5, 0.6) is 0 Å². The number of ether oxygens (including phenoxy) is 1. The van der Waals surface area contributed by atoms with Gasteiger partial charge in [0.2, 0.25) is 0 Å². The molecule has 1 unspecified atom stereocenters. The van der Waals surface area contributed by atoms with Crippen LogP contribution in [-0.4, -0.2) is 43.9 Å². The van der Waals surface area contributed by atoms with Gasteiger partial charge in [0.05, 0.1) is 18.8 Å². The van der Waals surface area contributed by atoms with E-state index in [0.29, 0.717) is 0 Å². The maximum atomic E-state index is 11.9. The second-order valence-electron chi connectivity index (χ2n) is 4.74. The van der Waals surface area contributed by atoms with Gasteiger partial charge >= 0.3 is 5.69 Å². The fraction of sp³-hybridized carbons (Fsp3) is 0.636. The van der Waals surface area contributed by atoms with Crippen molar-refractivity contribution in [2.24, 2.45) is 5.11 Å². The molecular formula is C11H14BrN5O5. The minimum Gasteiger partial charge on any atom is -0.394 e. The number of rotatable bonds is 5. The summed E-state index contributed by atoms with van der Waals surface area (Å²) in [5.41, 5.74) is 7.26. The summed E-state index contributed by atoms with van der Waals surface area (Å²) in [5.74, 6) is 0. The van der Waals surface area contributed by atoms with Gasteiger partial charge in [-0.25, -0.2) is 4.79 Å². The van der Waals surface area contributed by atoms with Crippen molar-refractivity contribution < 1.29 is 14.9 Å². The first kappa shape index (κ1) is 16.7. The second kappa shape index (κ2) is 7.07. The predicted octanol–water partition coefficient (Wildman–Crippen LogP) is -0.0764. The van der Waals surface area contributed by atoms with Crippen molar-refractivity contribution in [3.8, 4) is 0 Å². The summed E-state index contributed by atoms with van der Waals surface area (Å²) >= 11 is 3.14. The third kappa shape index (κ3) is 3.23. The van der Waals surface area contributed by atoms with Crippen LogP contribution >= 0.6 is 15.9 Å². The monoisotopic (exact) mass is 375 g/mol. The molecule has 1 fully saturated rings. The highest BCUT2D eigenvalue weighted by atomic mass is 79.9. The Morgan fingerprint density at radius 1 is 1.64 bits per heavy atom.